The van der Waals surface area contributed by atoms with Crippen LogP contribution in [-0.2, 0) is 14.8 Å². The van der Waals surface area contributed by atoms with Gasteiger partial charge in [0.2, 0.25) is 15.9 Å². The summed E-state index contributed by atoms with van der Waals surface area (Å²) in [5, 5.41) is 2.29. The van der Waals surface area contributed by atoms with Crippen LogP contribution >= 0.6 is 11.6 Å². The molecule has 1 aliphatic heterocycles. The molecule has 1 fully saturated rings. The Morgan fingerprint density at radius 1 is 1.24 bits per heavy atom. The number of nitrogens with one attached hydrogen (secondary N) is 1. The van der Waals surface area contributed by atoms with Crippen molar-refractivity contribution in [2.24, 2.45) is 5.73 Å². The topological polar surface area (TPSA) is 132 Å². The standard InChI is InChI=1S/C17H16ClFN4O5S/c18-12-7-10(16(20)24)9-21-15(12)17(25)22-11-1-2-13(19)14(8-11)29(26,27)23-3-5-28-6-4-23/h1-2,7-9H,3-6H2,(H2,20,24)(H,22,25). The van der Waals surface area contributed by atoms with E-state index in [1.165, 1.54) is 12.1 Å². The van der Waals surface area contributed by atoms with Crippen molar-refractivity contribution >= 4 is 39.1 Å². The van der Waals surface area contributed by atoms with Crippen molar-refractivity contribution in [3.05, 3.63) is 52.6 Å². The van der Waals surface area contributed by atoms with Crippen molar-refractivity contribution in [1.29, 1.82) is 0 Å². The van der Waals surface area contributed by atoms with Crippen LogP contribution in [-0.4, -0.2) is 55.8 Å². The molecule has 1 aromatic carbocycles. The number of ether oxygens (including phenoxy) is 1. The summed E-state index contributed by atoms with van der Waals surface area (Å²) in [5.74, 6) is -2.48. The summed E-state index contributed by atoms with van der Waals surface area (Å²) in [6.45, 7) is 0.625. The molecule has 1 aromatic heterocycles. The maximum atomic E-state index is 14.2. The highest BCUT2D eigenvalue weighted by atomic mass is 35.5. The van der Waals surface area contributed by atoms with Crippen LogP contribution in [0.15, 0.2) is 35.4 Å². The molecule has 2 heterocycles. The Morgan fingerprint density at radius 3 is 2.55 bits per heavy atom. The Labute approximate surface area is 170 Å². The Kier molecular flexibility index (Phi) is 6.13. The zero-order chi connectivity index (χ0) is 21.2. The number of pyridine rings is 1. The number of sulfonamides is 1. The molecular weight excluding hydrogens is 427 g/mol. The summed E-state index contributed by atoms with van der Waals surface area (Å²) in [4.78, 5) is 26.8. The Hall–Kier alpha value is -2.60. The molecule has 0 aliphatic carbocycles. The fourth-order valence-electron chi connectivity index (χ4n) is 2.63. The molecule has 0 saturated carbocycles. The van der Waals surface area contributed by atoms with Gasteiger partial charge in [0.25, 0.3) is 5.91 Å². The van der Waals surface area contributed by atoms with E-state index in [2.05, 4.69) is 10.3 Å². The first-order valence-electron chi connectivity index (χ1n) is 8.34. The predicted molar refractivity (Wildman–Crippen MR) is 102 cm³/mol. The zero-order valence-corrected chi connectivity index (χ0v) is 16.5. The highest BCUT2D eigenvalue weighted by Crippen LogP contribution is 2.25. The van der Waals surface area contributed by atoms with E-state index in [1.54, 1.807) is 0 Å². The molecule has 0 bridgehead atoms. The molecule has 0 atom stereocenters. The second-order valence-electron chi connectivity index (χ2n) is 6.03. The van der Waals surface area contributed by atoms with Crippen LogP contribution in [0.3, 0.4) is 0 Å². The van der Waals surface area contributed by atoms with Crippen LogP contribution in [0.25, 0.3) is 0 Å². The lowest BCUT2D eigenvalue weighted by molar-refractivity contribution is 0.0729. The Balaban J connectivity index is 1.86. The molecule has 1 aliphatic rings. The molecule has 29 heavy (non-hydrogen) atoms. The first kappa shape index (κ1) is 21.1. The van der Waals surface area contributed by atoms with Gasteiger partial charge >= 0.3 is 0 Å². The number of carbonyl (C=O) groups is 2. The number of nitrogens with zero attached hydrogens (tertiary/aromatic N) is 2. The number of primary amides is 1. The van der Waals surface area contributed by atoms with E-state index < -0.39 is 32.6 Å². The van der Waals surface area contributed by atoms with Gasteiger partial charge in [-0.15, -0.1) is 0 Å². The summed E-state index contributed by atoms with van der Waals surface area (Å²) in [7, 11) is -4.10. The van der Waals surface area contributed by atoms with Crippen molar-refractivity contribution < 1.29 is 27.1 Å². The molecule has 2 amide bonds. The average molecular weight is 443 g/mol. The summed E-state index contributed by atoms with van der Waals surface area (Å²) in [6.07, 6.45) is 1.09. The first-order chi connectivity index (χ1) is 13.7. The molecule has 0 radical (unpaired) electrons. The number of anilines is 1. The fourth-order valence-corrected chi connectivity index (χ4v) is 4.39. The SMILES string of the molecule is NC(=O)c1cnc(C(=O)Nc2ccc(F)c(S(=O)(=O)N3CCOCC3)c2)c(Cl)c1. The monoisotopic (exact) mass is 442 g/mol. The van der Waals surface area contributed by atoms with Gasteiger partial charge in [0.15, 0.2) is 0 Å². The minimum Gasteiger partial charge on any atom is -0.379 e. The lowest BCUT2D eigenvalue weighted by atomic mass is 10.2. The van der Waals surface area contributed by atoms with Crippen LogP contribution in [0.4, 0.5) is 10.1 Å². The van der Waals surface area contributed by atoms with Crippen LogP contribution in [0.2, 0.25) is 5.02 Å². The summed E-state index contributed by atoms with van der Waals surface area (Å²) < 4.78 is 45.9. The molecule has 0 unspecified atom stereocenters. The molecule has 3 rings (SSSR count). The third kappa shape index (κ3) is 4.53. The van der Waals surface area contributed by atoms with E-state index in [4.69, 9.17) is 22.1 Å². The van der Waals surface area contributed by atoms with Crippen LogP contribution in [0.1, 0.15) is 20.8 Å². The minimum absolute atomic E-state index is 0.0206. The van der Waals surface area contributed by atoms with E-state index in [0.717, 1.165) is 22.6 Å². The number of amides is 2. The molecule has 9 nitrogen and oxygen atoms in total. The fraction of sp³-hybridized carbons (Fsp3) is 0.235. The van der Waals surface area contributed by atoms with Gasteiger partial charge in [-0.1, -0.05) is 11.6 Å². The van der Waals surface area contributed by atoms with Gasteiger partial charge in [0, 0.05) is 25.0 Å². The number of morpholine rings is 1. The number of aromatic nitrogens is 1. The molecule has 154 valence electrons. The minimum atomic E-state index is -4.10. The number of nitrogens with two attached hydrogens (primary N) is 1. The van der Waals surface area contributed by atoms with Crippen LogP contribution in [0.5, 0.6) is 0 Å². The highest BCUT2D eigenvalue weighted by Gasteiger charge is 2.29. The van der Waals surface area contributed by atoms with Gasteiger partial charge in [-0.05, 0) is 24.3 Å². The largest absolute Gasteiger partial charge is 0.379 e. The first-order valence-corrected chi connectivity index (χ1v) is 10.2. The van der Waals surface area contributed by atoms with E-state index in [0.29, 0.717) is 0 Å². The number of hydrogen-bond acceptors (Lipinski definition) is 6. The van der Waals surface area contributed by atoms with Gasteiger partial charge in [0.05, 0.1) is 23.8 Å². The van der Waals surface area contributed by atoms with Gasteiger partial charge in [-0.25, -0.2) is 17.8 Å². The number of benzene rings is 1. The molecule has 2 aromatic rings. The van der Waals surface area contributed by atoms with E-state index in [1.807, 2.05) is 0 Å². The second kappa shape index (κ2) is 8.41. The number of rotatable bonds is 5. The average Bonchev–Trinajstić information content (AvgIpc) is 2.69. The van der Waals surface area contributed by atoms with Gasteiger partial charge in [-0.2, -0.15) is 4.31 Å². The normalized spacial score (nSPS) is 15.1. The van der Waals surface area contributed by atoms with E-state index in [-0.39, 0.29) is 48.3 Å². The summed E-state index contributed by atoms with van der Waals surface area (Å²) in [6, 6.07) is 4.35. The van der Waals surface area contributed by atoms with Crippen molar-refractivity contribution in [1.82, 2.24) is 9.29 Å². The van der Waals surface area contributed by atoms with Crippen molar-refractivity contribution in [2.45, 2.75) is 4.90 Å². The molecular formula is C17H16ClFN4O5S. The van der Waals surface area contributed by atoms with Crippen LogP contribution in [0, 0.1) is 5.82 Å². The van der Waals surface area contributed by atoms with Crippen molar-refractivity contribution in [3.63, 3.8) is 0 Å². The predicted octanol–water partition coefficient (Wildman–Crippen LogP) is 1.25. The Morgan fingerprint density at radius 2 is 1.93 bits per heavy atom. The third-order valence-electron chi connectivity index (χ3n) is 4.12. The van der Waals surface area contributed by atoms with Crippen molar-refractivity contribution in [3.8, 4) is 0 Å². The molecule has 1 saturated heterocycles. The highest BCUT2D eigenvalue weighted by molar-refractivity contribution is 7.89. The quantitative estimate of drug-likeness (QED) is 0.716. The number of hydrogen-bond donors (Lipinski definition) is 2. The van der Waals surface area contributed by atoms with Crippen molar-refractivity contribution in [2.75, 3.05) is 31.6 Å². The molecule has 12 heteroatoms. The summed E-state index contributed by atoms with van der Waals surface area (Å²) >= 11 is 5.96. The lowest BCUT2D eigenvalue weighted by Gasteiger charge is -2.26. The third-order valence-corrected chi connectivity index (χ3v) is 6.32. The second-order valence-corrected chi connectivity index (χ2v) is 8.35. The Bertz CT molecular complexity index is 1070. The summed E-state index contributed by atoms with van der Waals surface area (Å²) in [5.41, 5.74) is 4.96. The maximum Gasteiger partial charge on any atom is 0.275 e. The molecule has 0 spiro atoms. The maximum absolute atomic E-state index is 14.2. The zero-order valence-electron chi connectivity index (χ0n) is 14.9. The van der Waals surface area contributed by atoms with Crippen LogP contribution < -0.4 is 11.1 Å². The smallest absolute Gasteiger partial charge is 0.275 e. The van der Waals surface area contributed by atoms with E-state index in [9.17, 15) is 22.4 Å². The van der Waals surface area contributed by atoms with Gasteiger partial charge < -0.3 is 15.8 Å². The number of halogens is 2. The van der Waals surface area contributed by atoms with Gasteiger partial charge in [-0.3, -0.25) is 9.59 Å². The van der Waals surface area contributed by atoms with Gasteiger partial charge in [0.1, 0.15) is 16.4 Å². The molecule has 3 N–H and O–H groups in total. The lowest BCUT2D eigenvalue weighted by Crippen LogP contribution is -2.40. The van der Waals surface area contributed by atoms with E-state index >= 15 is 0 Å². The number of carbonyl (C=O) groups excluding carboxylic acids is 2.